The van der Waals surface area contributed by atoms with Gasteiger partial charge >= 0.3 is 5.97 Å². The van der Waals surface area contributed by atoms with Gasteiger partial charge < -0.3 is 10.0 Å². The molecule has 0 amide bonds. The molecule has 1 saturated carbocycles. The fraction of sp³-hybridized carbons (Fsp3) is 0.625. The van der Waals surface area contributed by atoms with Crippen LogP contribution >= 0.6 is 0 Å². The molecule has 0 aromatic rings. The highest BCUT2D eigenvalue weighted by molar-refractivity contribution is 5.85. The zero-order valence-corrected chi connectivity index (χ0v) is 6.87. The molecule has 1 fully saturated rings. The zero-order chi connectivity index (χ0) is 8.43. The molecule has 0 aliphatic heterocycles. The predicted molar refractivity (Wildman–Crippen MR) is 42.2 cm³/mol. The van der Waals surface area contributed by atoms with Crippen molar-refractivity contribution in [3.05, 3.63) is 11.8 Å². The van der Waals surface area contributed by atoms with Gasteiger partial charge in [-0.25, -0.2) is 4.79 Å². The molecule has 0 unspecified atom stereocenters. The van der Waals surface area contributed by atoms with Crippen molar-refractivity contribution in [2.24, 2.45) is 0 Å². The Morgan fingerprint density at radius 2 is 2.18 bits per heavy atom. The van der Waals surface area contributed by atoms with E-state index in [1.807, 2.05) is 11.9 Å². The van der Waals surface area contributed by atoms with Crippen LogP contribution in [0.15, 0.2) is 11.8 Å². The SMILES string of the molecule is C/C(=C\N(C)C1CC1)C(=O)O. The lowest BCUT2D eigenvalue weighted by atomic mass is 10.3. The quantitative estimate of drug-likeness (QED) is 0.620. The first kappa shape index (κ1) is 8.11. The van der Waals surface area contributed by atoms with Crippen LogP contribution in [0.5, 0.6) is 0 Å². The molecule has 0 spiro atoms. The van der Waals surface area contributed by atoms with E-state index in [9.17, 15) is 4.79 Å². The van der Waals surface area contributed by atoms with Gasteiger partial charge in [-0.15, -0.1) is 0 Å². The minimum atomic E-state index is -0.836. The third kappa shape index (κ3) is 2.26. The fourth-order valence-electron chi connectivity index (χ4n) is 0.948. The zero-order valence-electron chi connectivity index (χ0n) is 6.87. The van der Waals surface area contributed by atoms with Crippen molar-refractivity contribution >= 4 is 5.97 Å². The molecule has 1 aliphatic carbocycles. The van der Waals surface area contributed by atoms with Gasteiger partial charge in [0.05, 0.1) is 0 Å². The Bertz CT molecular complexity index is 194. The molecule has 1 N–H and O–H groups in total. The summed E-state index contributed by atoms with van der Waals surface area (Å²) < 4.78 is 0. The highest BCUT2D eigenvalue weighted by Gasteiger charge is 2.24. The summed E-state index contributed by atoms with van der Waals surface area (Å²) in [5, 5.41) is 8.54. The van der Waals surface area contributed by atoms with E-state index in [0.29, 0.717) is 11.6 Å². The number of hydrogen-bond acceptors (Lipinski definition) is 2. The predicted octanol–water partition coefficient (Wildman–Crippen LogP) is 1.07. The maximum atomic E-state index is 10.4. The topological polar surface area (TPSA) is 40.5 Å². The van der Waals surface area contributed by atoms with Crippen molar-refractivity contribution in [3.63, 3.8) is 0 Å². The van der Waals surface area contributed by atoms with Crippen molar-refractivity contribution in [2.45, 2.75) is 25.8 Å². The normalized spacial score (nSPS) is 18.2. The van der Waals surface area contributed by atoms with Gasteiger partial charge in [0.1, 0.15) is 0 Å². The Labute approximate surface area is 66.3 Å². The van der Waals surface area contributed by atoms with Crippen LogP contribution in [-0.4, -0.2) is 29.1 Å². The molecule has 62 valence electrons. The minimum Gasteiger partial charge on any atom is -0.478 e. The Hall–Kier alpha value is -0.990. The molecule has 0 atom stereocenters. The highest BCUT2D eigenvalue weighted by atomic mass is 16.4. The van der Waals surface area contributed by atoms with E-state index in [2.05, 4.69) is 0 Å². The van der Waals surface area contributed by atoms with Crippen molar-refractivity contribution in [1.29, 1.82) is 0 Å². The van der Waals surface area contributed by atoms with Crippen molar-refractivity contribution in [2.75, 3.05) is 7.05 Å². The lowest BCUT2D eigenvalue weighted by molar-refractivity contribution is -0.132. The van der Waals surface area contributed by atoms with Crippen LogP contribution in [0.2, 0.25) is 0 Å². The first-order chi connectivity index (χ1) is 5.11. The number of hydrogen-bond donors (Lipinski definition) is 1. The summed E-state index contributed by atoms with van der Waals surface area (Å²) >= 11 is 0. The number of carboxylic acid groups (broad SMARTS) is 1. The second kappa shape index (κ2) is 2.95. The molecule has 3 heteroatoms. The van der Waals surface area contributed by atoms with Gasteiger partial charge in [0.2, 0.25) is 0 Å². The average Bonchev–Trinajstić information content (AvgIpc) is 2.67. The highest BCUT2D eigenvalue weighted by Crippen LogP contribution is 2.25. The summed E-state index contributed by atoms with van der Waals surface area (Å²) in [7, 11) is 1.92. The molecular weight excluding hydrogens is 142 g/mol. The number of carbonyl (C=O) groups is 1. The Balaban J connectivity index is 2.48. The first-order valence-electron chi connectivity index (χ1n) is 3.75. The molecule has 0 aromatic carbocycles. The second-order valence-electron chi connectivity index (χ2n) is 3.01. The molecule has 11 heavy (non-hydrogen) atoms. The number of carboxylic acids is 1. The van der Waals surface area contributed by atoms with Gasteiger partial charge in [-0.2, -0.15) is 0 Å². The van der Waals surface area contributed by atoms with Gasteiger partial charge in [-0.05, 0) is 19.8 Å². The van der Waals surface area contributed by atoms with E-state index in [0.717, 1.165) is 0 Å². The summed E-state index contributed by atoms with van der Waals surface area (Å²) in [6, 6.07) is 0.587. The molecule has 0 radical (unpaired) electrons. The van der Waals surface area contributed by atoms with Crippen LogP contribution in [0.25, 0.3) is 0 Å². The fourth-order valence-corrected chi connectivity index (χ4v) is 0.948. The van der Waals surface area contributed by atoms with Crippen LogP contribution in [-0.2, 0) is 4.79 Å². The van der Waals surface area contributed by atoms with E-state index in [1.165, 1.54) is 12.8 Å². The van der Waals surface area contributed by atoms with Gasteiger partial charge in [-0.3, -0.25) is 0 Å². The van der Waals surface area contributed by atoms with E-state index in [1.54, 1.807) is 13.1 Å². The summed E-state index contributed by atoms with van der Waals surface area (Å²) in [6.45, 7) is 1.61. The van der Waals surface area contributed by atoms with E-state index < -0.39 is 5.97 Å². The third-order valence-corrected chi connectivity index (χ3v) is 1.86. The molecule has 1 rings (SSSR count). The lowest BCUT2D eigenvalue weighted by Gasteiger charge is -2.12. The van der Waals surface area contributed by atoms with E-state index in [-0.39, 0.29) is 0 Å². The minimum absolute atomic E-state index is 0.402. The van der Waals surface area contributed by atoms with Crippen LogP contribution in [0, 0.1) is 0 Å². The monoisotopic (exact) mass is 155 g/mol. The Kier molecular flexibility index (Phi) is 2.17. The van der Waals surface area contributed by atoms with Crippen LogP contribution in [0.4, 0.5) is 0 Å². The average molecular weight is 155 g/mol. The summed E-state index contributed by atoms with van der Waals surface area (Å²) in [5.41, 5.74) is 0.402. The van der Waals surface area contributed by atoms with Crippen LogP contribution in [0.3, 0.4) is 0 Å². The molecule has 0 heterocycles. The molecule has 0 saturated heterocycles. The second-order valence-corrected chi connectivity index (χ2v) is 3.01. The van der Waals surface area contributed by atoms with E-state index in [4.69, 9.17) is 5.11 Å². The number of aliphatic carboxylic acids is 1. The van der Waals surface area contributed by atoms with Crippen molar-refractivity contribution in [1.82, 2.24) is 4.90 Å². The van der Waals surface area contributed by atoms with Gasteiger partial charge in [0, 0.05) is 24.9 Å². The molecule has 1 aliphatic rings. The largest absolute Gasteiger partial charge is 0.478 e. The molecule has 0 aromatic heterocycles. The molecule has 0 bridgehead atoms. The van der Waals surface area contributed by atoms with Crippen LogP contribution < -0.4 is 0 Å². The number of rotatable bonds is 3. The molecule has 3 nitrogen and oxygen atoms in total. The maximum absolute atomic E-state index is 10.4. The summed E-state index contributed by atoms with van der Waals surface area (Å²) in [4.78, 5) is 12.4. The van der Waals surface area contributed by atoms with Crippen molar-refractivity contribution < 1.29 is 9.90 Å². The lowest BCUT2D eigenvalue weighted by Crippen LogP contribution is -2.15. The van der Waals surface area contributed by atoms with Gasteiger partial charge in [0.15, 0.2) is 0 Å². The summed E-state index contributed by atoms with van der Waals surface area (Å²) in [6.07, 6.45) is 4.08. The smallest absolute Gasteiger partial charge is 0.332 e. The maximum Gasteiger partial charge on any atom is 0.332 e. The third-order valence-electron chi connectivity index (χ3n) is 1.86. The summed E-state index contributed by atoms with van der Waals surface area (Å²) in [5.74, 6) is -0.836. The Morgan fingerprint density at radius 3 is 2.55 bits per heavy atom. The number of nitrogens with zero attached hydrogens (tertiary/aromatic N) is 1. The van der Waals surface area contributed by atoms with E-state index >= 15 is 0 Å². The first-order valence-corrected chi connectivity index (χ1v) is 3.75. The van der Waals surface area contributed by atoms with Gasteiger partial charge in [-0.1, -0.05) is 0 Å². The standard InChI is InChI=1S/C8H13NO2/c1-6(8(10)11)5-9(2)7-3-4-7/h5,7H,3-4H2,1-2H3,(H,10,11)/b6-5+. The van der Waals surface area contributed by atoms with Gasteiger partial charge in [0.25, 0.3) is 0 Å². The van der Waals surface area contributed by atoms with Crippen LogP contribution in [0.1, 0.15) is 19.8 Å². The van der Waals surface area contributed by atoms with Crippen molar-refractivity contribution in [3.8, 4) is 0 Å². The Morgan fingerprint density at radius 1 is 1.64 bits per heavy atom. The molecular formula is C8H13NO2.